The van der Waals surface area contributed by atoms with Gasteiger partial charge >= 0.3 is 5.97 Å². The SMILES string of the molecule is COc1ccc([C@@H](O)C(Cl)C(=O)O)cc1. The van der Waals surface area contributed by atoms with Crippen LogP contribution in [-0.4, -0.2) is 28.7 Å². The Morgan fingerprint density at radius 2 is 1.93 bits per heavy atom. The molecule has 1 aromatic rings. The van der Waals surface area contributed by atoms with E-state index in [9.17, 15) is 9.90 Å². The van der Waals surface area contributed by atoms with Crippen molar-refractivity contribution in [2.24, 2.45) is 0 Å². The number of hydrogen-bond donors (Lipinski definition) is 2. The zero-order valence-electron chi connectivity index (χ0n) is 8.05. The number of ether oxygens (including phenoxy) is 1. The number of carboxylic acids is 1. The van der Waals surface area contributed by atoms with Crippen molar-refractivity contribution in [1.82, 2.24) is 0 Å². The van der Waals surface area contributed by atoms with Crippen molar-refractivity contribution in [3.63, 3.8) is 0 Å². The second-order valence-electron chi connectivity index (χ2n) is 2.96. The molecule has 5 heteroatoms. The summed E-state index contributed by atoms with van der Waals surface area (Å²) >= 11 is 5.49. The highest BCUT2D eigenvalue weighted by atomic mass is 35.5. The summed E-state index contributed by atoms with van der Waals surface area (Å²) in [5.74, 6) is -0.618. The number of aliphatic hydroxyl groups is 1. The molecule has 0 radical (unpaired) electrons. The van der Waals surface area contributed by atoms with Gasteiger partial charge in [0.25, 0.3) is 0 Å². The normalized spacial score (nSPS) is 14.3. The van der Waals surface area contributed by atoms with Crippen molar-refractivity contribution in [3.8, 4) is 5.75 Å². The Kier molecular flexibility index (Phi) is 3.94. The molecule has 15 heavy (non-hydrogen) atoms. The standard InChI is InChI=1S/C10H11ClO4/c1-15-7-4-2-6(3-5-7)9(12)8(11)10(13)14/h2-5,8-9,12H,1H3,(H,13,14)/t8?,9-/m1/s1. The van der Waals surface area contributed by atoms with Gasteiger partial charge in [0.2, 0.25) is 0 Å². The molecule has 0 amide bonds. The van der Waals surface area contributed by atoms with Crippen LogP contribution in [0.5, 0.6) is 5.75 Å². The summed E-state index contributed by atoms with van der Waals surface area (Å²) in [6.07, 6.45) is -1.23. The van der Waals surface area contributed by atoms with Crippen molar-refractivity contribution < 1.29 is 19.7 Å². The van der Waals surface area contributed by atoms with Gasteiger partial charge in [-0.3, -0.25) is 4.79 Å². The van der Waals surface area contributed by atoms with Crippen LogP contribution < -0.4 is 4.74 Å². The number of aliphatic hydroxyl groups excluding tert-OH is 1. The fourth-order valence-electron chi connectivity index (χ4n) is 1.11. The first kappa shape index (κ1) is 11.8. The van der Waals surface area contributed by atoms with Gasteiger partial charge in [-0.15, -0.1) is 11.6 Å². The number of benzene rings is 1. The second kappa shape index (κ2) is 5.00. The minimum Gasteiger partial charge on any atom is -0.497 e. The molecule has 2 atom stereocenters. The lowest BCUT2D eigenvalue weighted by molar-refractivity contribution is -0.138. The number of aliphatic carboxylic acids is 1. The minimum atomic E-state index is -1.35. The third kappa shape index (κ3) is 2.84. The number of halogens is 1. The lowest BCUT2D eigenvalue weighted by Gasteiger charge is -2.13. The monoisotopic (exact) mass is 230 g/mol. The van der Waals surface area contributed by atoms with E-state index in [4.69, 9.17) is 21.4 Å². The summed E-state index contributed by atoms with van der Waals surface area (Å²) < 4.78 is 4.93. The number of hydrogen-bond acceptors (Lipinski definition) is 3. The summed E-state index contributed by atoms with van der Waals surface area (Å²) in [4.78, 5) is 10.5. The van der Waals surface area contributed by atoms with Gasteiger partial charge in [0.15, 0.2) is 5.38 Å². The van der Waals surface area contributed by atoms with Crippen LogP contribution >= 0.6 is 11.6 Å². The van der Waals surface area contributed by atoms with E-state index in [0.29, 0.717) is 11.3 Å². The molecule has 1 aromatic carbocycles. The quantitative estimate of drug-likeness (QED) is 0.768. The highest BCUT2D eigenvalue weighted by Gasteiger charge is 2.25. The van der Waals surface area contributed by atoms with Crippen molar-refractivity contribution in [1.29, 1.82) is 0 Å². The molecule has 2 N–H and O–H groups in total. The Balaban J connectivity index is 2.82. The summed E-state index contributed by atoms with van der Waals surface area (Å²) in [5, 5.41) is 16.8. The fourth-order valence-corrected chi connectivity index (χ4v) is 1.25. The van der Waals surface area contributed by atoms with E-state index < -0.39 is 17.5 Å². The van der Waals surface area contributed by atoms with Crippen LogP contribution in [0.3, 0.4) is 0 Å². The molecule has 0 saturated carbocycles. The number of carbonyl (C=O) groups is 1. The van der Waals surface area contributed by atoms with Crippen LogP contribution in [0, 0.1) is 0 Å². The van der Waals surface area contributed by atoms with Gasteiger partial charge in [0, 0.05) is 0 Å². The summed E-state index contributed by atoms with van der Waals surface area (Å²) in [5.41, 5.74) is 0.443. The average Bonchev–Trinajstić information content (AvgIpc) is 2.27. The molecule has 4 nitrogen and oxygen atoms in total. The van der Waals surface area contributed by atoms with E-state index in [1.807, 2.05) is 0 Å². The van der Waals surface area contributed by atoms with Gasteiger partial charge in [0.1, 0.15) is 11.9 Å². The molecule has 0 aliphatic carbocycles. The minimum absolute atomic E-state index is 0.443. The van der Waals surface area contributed by atoms with Gasteiger partial charge in [-0.05, 0) is 17.7 Å². The highest BCUT2D eigenvalue weighted by Crippen LogP contribution is 2.23. The summed E-state index contributed by atoms with van der Waals surface area (Å²) in [6.45, 7) is 0. The fraction of sp³-hybridized carbons (Fsp3) is 0.300. The van der Waals surface area contributed by atoms with Crippen molar-refractivity contribution in [2.45, 2.75) is 11.5 Å². The first-order valence-electron chi connectivity index (χ1n) is 4.25. The van der Waals surface area contributed by atoms with E-state index in [-0.39, 0.29) is 0 Å². The lowest BCUT2D eigenvalue weighted by Crippen LogP contribution is -2.22. The molecule has 0 fully saturated rings. The molecular weight excluding hydrogens is 220 g/mol. The van der Waals surface area contributed by atoms with E-state index in [1.54, 1.807) is 24.3 Å². The molecule has 0 aliphatic rings. The average molecular weight is 231 g/mol. The zero-order chi connectivity index (χ0) is 11.4. The number of rotatable bonds is 4. The Morgan fingerprint density at radius 3 is 2.33 bits per heavy atom. The number of methoxy groups -OCH3 is 1. The lowest BCUT2D eigenvalue weighted by atomic mass is 10.1. The molecule has 0 heterocycles. The van der Waals surface area contributed by atoms with Gasteiger partial charge in [0.05, 0.1) is 7.11 Å². The van der Waals surface area contributed by atoms with Crippen LogP contribution in [0.4, 0.5) is 0 Å². The molecule has 0 saturated heterocycles. The van der Waals surface area contributed by atoms with E-state index >= 15 is 0 Å². The van der Waals surface area contributed by atoms with E-state index in [1.165, 1.54) is 7.11 Å². The third-order valence-electron chi connectivity index (χ3n) is 1.97. The predicted molar refractivity (Wildman–Crippen MR) is 55.2 cm³/mol. The van der Waals surface area contributed by atoms with Crippen LogP contribution in [0.15, 0.2) is 24.3 Å². The van der Waals surface area contributed by atoms with Gasteiger partial charge in [-0.1, -0.05) is 12.1 Å². The van der Waals surface area contributed by atoms with E-state index in [0.717, 1.165) is 0 Å². The van der Waals surface area contributed by atoms with Crippen molar-refractivity contribution in [3.05, 3.63) is 29.8 Å². The molecular formula is C10H11ClO4. The number of alkyl halides is 1. The van der Waals surface area contributed by atoms with Crippen LogP contribution in [-0.2, 0) is 4.79 Å². The van der Waals surface area contributed by atoms with Crippen LogP contribution in [0.25, 0.3) is 0 Å². The molecule has 0 aliphatic heterocycles. The maximum absolute atomic E-state index is 10.5. The Hall–Kier alpha value is -1.26. The Labute approximate surface area is 92.1 Å². The van der Waals surface area contributed by atoms with Gasteiger partial charge in [-0.2, -0.15) is 0 Å². The van der Waals surface area contributed by atoms with Gasteiger partial charge < -0.3 is 14.9 Å². The van der Waals surface area contributed by atoms with Crippen LogP contribution in [0.1, 0.15) is 11.7 Å². The molecule has 0 bridgehead atoms. The second-order valence-corrected chi connectivity index (χ2v) is 3.43. The largest absolute Gasteiger partial charge is 0.497 e. The molecule has 82 valence electrons. The van der Waals surface area contributed by atoms with Crippen molar-refractivity contribution in [2.75, 3.05) is 7.11 Å². The first-order valence-corrected chi connectivity index (χ1v) is 4.69. The zero-order valence-corrected chi connectivity index (χ0v) is 8.81. The topological polar surface area (TPSA) is 66.8 Å². The maximum atomic E-state index is 10.5. The highest BCUT2D eigenvalue weighted by molar-refractivity contribution is 6.30. The summed E-state index contributed by atoms with van der Waals surface area (Å²) in [7, 11) is 1.52. The van der Waals surface area contributed by atoms with Gasteiger partial charge in [-0.25, -0.2) is 0 Å². The predicted octanol–water partition coefficient (Wildman–Crippen LogP) is 1.42. The molecule has 0 aromatic heterocycles. The molecule has 0 spiro atoms. The van der Waals surface area contributed by atoms with E-state index in [2.05, 4.69) is 0 Å². The summed E-state index contributed by atoms with van der Waals surface area (Å²) in [6, 6.07) is 6.40. The third-order valence-corrected chi connectivity index (χ3v) is 2.40. The number of carboxylic acid groups (broad SMARTS) is 1. The van der Waals surface area contributed by atoms with Crippen LogP contribution in [0.2, 0.25) is 0 Å². The Bertz CT molecular complexity index is 336. The molecule has 1 rings (SSSR count). The smallest absolute Gasteiger partial charge is 0.324 e. The maximum Gasteiger partial charge on any atom is 0.324 e. The first-order chi connectivity index (χ1) is 7.06. The molecule has 1 unspecified atom stereocenters. The van der Waals surface area contributed by atoms with Crippen molar-refractivity contribution >= 4 is 17.6 Å². The Morgan fingerprint density at radius 1 is 1.40 bits per heavy atom.